The summed E-state index contributed by atoms with van der Waals surface area (Å²) in [5.74, 6) is 0. The van der Waals surface area contributed by atoms with E-state index in [1.165, 1.54) is 51.4 Å². The van der Waals surface area contributed by atoms with Crippen molar-refractivity contribution in [1.82, 2.24) is 0 Å². The highest BCUT2D eigenvalue weighted by Gasteiger charge is 2.36. The van der Waals surface area contributed by atoms with Gasteiger partial charge in [0, 0.05) is 6.42 Å². The summed E-state index contributed by atoms with van der Waals surface area (Å²) in [7, 11) is 0. The average Bonchev–Trinajstić information content (AvgIpc) is 2.93. The second-order valence-electron chi connectivity index (χ2n) is 6.56. The molecule has 1 heterocycles. The van der Waals surface area contributed by atoms with Gasteiger partial charge in [-0.1, -0.05) is 44.8 Å². The SMILES string of the molecule is CC/C=C/CCCCCCCCC1N=CC[N+]1(CC)CCO. The van der Waals surface area contributed by atoms with Crippen molar-refractivity contribution in [3.05, 3.63) is 12.2 Å². The summed E-state index contributed by atoms with van der Waals surface area (Å²) in [5.41, 5.74) is 0. The lowest BCUT2D eigenvalue weighted by molar-refractivity contribution is -0.936. The van der Waals surface area contributed by atoms with Gasteiger partial charge in [-0.05, 0) is 32.6 Å². The van der Waals surface area contributed by atoms with Gasteiger partial charge in [0.15, 0.2) is 6.17 Å². The summed E-state index contributed by atoms with van der Waals surface area (Å²) >= 11 is 0. The Morgan fingerprint density at radius 2 is 1.82 bits per heavy atom. The minimum atomic E-state index is 0.278. The first kappa shape index (κ1) is 19.4. The Hall–Kier alpha value is -0.670. The number of hydrogen-bond donors (Lipinski definition) is 1. The maximum atomic E-state index is 9.31. The second kappa shape index (κ2) is 11.8. The zero-order valence-electron chi connectivity index (χ0n) is 14.8. The number of quaternary nitrogens is 1. The lowest BCUT2D eigenvalue weighted by Crippen LogP contribution is -2.53. The molecule has 0 aromatic heterocycles. The lowest BCUT2D eigenvalue weighted by Gasteiger charge is -2.37. The number of allylic oxidation sites excluding steroid dienone is 2. The third-order valence-electron chi connectivity index (χ3n) is 5.02. The van der Waals surface area contributed by atoms with E-state index in [0.29, 0.717) is 6.17 Å². The smallest absolute Gasteiger partial charge is 0.182 e. The third kappa shape index (κ3) is 6.62. The van der Waals surface area contributed by atoms with E-state index in [4.69, 9.17) is 0 Å². The van der Waals surface area contributed by atoms with E-state index in [0.717, 1.165) is 30.5 Å². The average molecular weight is 310 g/mol. The molecule has 2 atom stereocenters. The fourth-order valence-corrected chi connectivity index (χ4v) is 3.46. The predicted octanol–water partition coefficient (Wildman–Crippen LogP) is 4.31. The monoisotopic (exact) mass is 309 g/mol. The topological polar surface area (TPSA) is 32.6 Å². The minimum absolute atomic E-state index is 0.278. The van der Waals surface area contributed by atoms with Crippen LogP contribution in [0.25, 0.3) is 0 Å². The molecular weight excluding hydrogens is 272 g/mol. The molecule has 0 aromatic carbocycles. The van der Waals surface area contributed by atoms with Gasteiger partial charge >= 0.3 is 0 Å². The van der Waals surface area contributed by atoms with Gasteiger partial charge in [0.2, 0.25) is 0 Å². The molecule has 1 aliphatic heterocycles. The summed E-state index contributed by atoms with van der Waals surface area (Å²) in [6, 6.07) is 0. The molecule has 0 aromatic rings. The molecule has 1 N–H and O–H groups in total. The zero-order valence-corrected chi connectivity index (χ0v) is 14.8. The highest BCUT2D eigenvalue weighted by atomic mass is 16.3. The number of aliphatic hydroxyl groups excluding tert-OH is 1. The number of nitrogens with zero attached hydrogens (tertiary/aromatic N) is 2. The number of likely N-dealkylation sites (N-methyl/N-ethyl adjacent to an activating group) is 1. The van der Waals surface area contributed by atoms with Crippen LogP contribution in [0, 0.1) is 0 Å². The van der Waals surface area contributed by atoms with Crippen molar-refractivity contribution in [2.45, 2.75) is 77.8 Å². The van der Waals surface area contributed by atoms with Crippen molar-refractivity contribution in [2.75, 3.05) is 26.2 Å². The highest BCUT2D eigenvalue weighted by molar-refractivity contribution is 5.60. The molecule has 0 radical (unpaired) electrons. The molecule has 3 heteroatoms. The van der Waals surface area contributed by atoms with Crippen LogP contribution in [0.15, 0.2) is 17.1 Å². The number of hydrogen-bond acceptors (Lipinski definition) is 2. The summed E-state index contributed by atoms with van der Waals surface area (Å²) in [5, 5.41) is 9.31. The van der Waals surface area contributed by atoms with Crippen molar-refractivity contribution in [2.24, 2.45) is 4.99 Å². The summed E-state index contributed by atoms with van der Waals surface area (Å²) in [4.78, 5) is 4.68. The molecule has 0 saturated heterocycles. The Morgan fingerprint density at radius 3 is 2.50 bits per heavy atom. The number of aliphatic imine (C=N–C) groups is 1. The Morgan fingerprint density at radius 1 is 1.09 bits per heavy atom. The fourth-order valence-electron chi connectivity index (χ4n) is 3.46. The van der Waals surface area contributed by atoms with Crippen LogP contribution in [0.2, 0.25) is 0 Å². The summed E-state index contributed by atoms with van der Waals surface area (Å²) in [6.45, 7) is 7.64. The van der Waals surface area contributed by atoms with Crippen molar-refractivity contribution >= 4 is 6.21 Å². The van der Waals surface area contributed by atoms with E-state index >= 15 is 0 Å². The maximum absolute atomic E-state index is 9.31. The van der Waals surface area contributed by atoms with Gasteiger partial charge in [-0.2, -0.15) is 0 Å². The molecule has 0 spiro atoms. The van der Waals surface area contributed by atoms with Gasteiger partial charge in [0.25, 0.3) is 0 Å². The molecule has 3 nitrogen and oxygen atoms in total. The Balaban J connectivity index is 2.06. The van der Waals surface area contributed by atoms with E-state index < -0.39 is 0 Å². The van der Waals surface area contributed by atoms with Gasteiger partial charge < -0.3 is 5.11 Å². The quantitative estimate of drug-likeness (QED) is 0.307. The van der Waals surface area contributed by atoms with Crippen LogP contribution in [-0.2, 0) is 0 Å². The molecule has 0 bridgehead atoms. The Bertz CT molecular complexity index is 327. The third-order valence-corrected chi connectivity index (χ3v) is 5.02. The van der Waals surface area contributed by atoms with Gasteiger partial charge in [0.1, 0.15) is 13.1 Å². The van der Waals surface area contributed by atoms with Crippen molar-refractivity contribution in [1.29, 1.82) is 0 Å². The summed E-state index contributed by atoms with van der Waals surface area (Å²) < 4.78 is 0.972. The van der Waals surface area contributed by atoms with Gasteiger partial charge in [-0.3, -0.25) is 4.48 Å². The van der Waals surface area contributed by atoms with Crippen LogP contribution in [0.5, 0.6) is 0 Å². The van der Waals surface area contributed by atoms with Gasteiger partial charge in [-0.15, -0.1) is 0 Å². The first-order valence-corrected chi connectivity index (χ1v) is 9.42. The highest BCUT2D eigenvalue weighted by Crippen LogP contribution is 2.24. The number of rotatable bonds is 13. The normalized spacial score (nSPS) is 24.6. The van der Waals surface area contributed by atoms with E-state index in [9.17, 15) is 5.11 Å². The first-order chi connectivity index (χ1) is 10.8. The van der Waals surface area contributed by atoms with E-state index in [1.807, 2.05) is 0 Å². The molecule has 0 aliphatic carbocycles. The van der Waals surface area contributed by atoms with Crippen LogP contribution in [0.3, 0.4) is 0 Å². The fraction of sp³-hybridized carbons (Fsp3) is 0.842. The standard InChI is InChI=1S/C19H37N2O/c1-3-5-6-7-8-9-10-11-12-13-14-19-20-15-16-21(19,4-2)17-18-22/h5-6,15,19,22H,3-4,7-14,16-18H2,1-2H3/q+1/b6-5+. The Kier molecular flexibility index (Phi) is 10.4. The minimum Gasteiger partial charge on any atom is -0.391 e. The molecule has 0 saturated carbocycles. The largest absolute Gasteiger partial charge is 0.391 e. The van der Waals surface area contributed by atoms with E-state index in [-0.39, 0.29) is 6.61 Å². The van der Waals surface area contributed by atoms with E-state index in [2.05, 4.69) is 37.2 Å². The first-order valence-electron chi connectivity index (χ1n) is 9.42. The molecule has 1 rings (SSSR count). The van der Waals surface area contributed by atoms with Crippen LogP contribution >= 0.6 is 0 Å². The number of aliphatic hydroxyl groups is 1. The van der Waals surface area contributed by atoms with Crippen molar-refractivity contribution in [3.8, 4) is 0 Å². The molecular formula is C19H37N2O+. The van der Waals surface area contributed by atoms with Crippen LogP contribution < -0.4 is 0 Å². The zero-order chi connectivity index (χ0) is 16.1. The van der Waals surface area contributed by atoms with E-state index in [1.54, 1.807) is 0 Å². The van der Waals surface area contributed by atoms with Crippen LogP contribution in [-0.4, -0.2) is 48.2 Å². The molecule has 22 heavy (non-hydrogen) atoms. The van der Waals surface area contributed by atoms with Crippen LogP contribution in [0.1, 0.15) is 71.6 Å². The lowest BCUT2D eigenvalue weighted by atomic mass is 10.1. The number of unbranched alkanes of at least 4 members (excludes halogenated alkanes) is 6. The van der Waals surface area contributed by atoms with Crippen molar-refractivity contribution in [3.63, 3.8) is 0 Å². The van der Waals surface area contributed by atoms with Gasteiger partial charge in [0.05, 0.1) is 19.4 Å². The molecule has 0 amide bonds. The predicted molar refractivity (Wildman–Crippen MR) is 96.3 cm³/mol. The molecule has 1 aliphatic rings. The van der Waals surface area contributed by atoms with Crippen LogP contribution in [0.4, 0.5) is 0 Å². The molecule has 0 fully saturated rings. The Labute approximate surface area is 137 Å². The van der Waals surface area contributed by atoms with Gasteiger partial charge in [-0.25, -0.2) is 4.99 Å². The summed E-state index contributed by atoms with van der Waals surface area (Å²) in [6.07, 6.45) is 18.7. The molecule has 2 unspecified atom stereocenters. The molecule has 128 valence electrons. The van der Waals surface area contributed by atoms with Crippen molar-refractivity contribution < 1.29 is 9.59 Å². The maximum Gasteiger partial charge on any atom is 0.182 e. The second-order valence-corrected chi connectivity index (χ2v) is 6.56.